The molecule has 0 aliphatic rings. The van der Waals surface area contributed by atoms with E-state index in [1.165, 1.54) is 0 Å². The first kappa shape index (κ1) is 19.0. The lowest BCUT2D eigenvalue weighted by Crippen LogP contribution is -2.43. The quantitative estimate of drug-likeness (QED) is 0.520. The SMILES string of the molecule is CCc1cccc(OCC(=O)NNC(=O)c2ccc(OC)c(I)c2)c1. The Hall–Kier alpha value is -2.29. The van der Waals surface area contributed by atoms with E-state index >= 15 is 0 Å². The van der Waals surface area contributed by atoms with Crippen LogP contribution in [0.25, 0.3) is 0 Å². The zero-order chi connectivity index (χ0) is 18.2. The number of aryl methyl sites for hydroxylation is 1. The molecule has 0 atom stereocenters. The fraction of sp³-hybridized carbons (Fsp3) is 0.222. The fourth-order valence-electron chi connectivity index (χ4n) is 2.05. The molecule has 0 spiro atoms. The third-order valence-corrected chi connectivity index (χ3v) is 4.25. The van der Waals surface area contributed by atoms with Crippen molar-refractivity contribution in [3.05, 3.63) is 57.2 Å². The summed E-state index contributed by atoms with van der Waals surface area (Å²) in [6.45, 7) is 1.86. The topological polar surface area (TPSA) is 76.7 Å². The maximum atomic E-state index is 12.0. The smallest absolute Gasteiger partial charge is 0.276 e. The highest BCUT2D eigenvalue weighted by Gasteiger charge is 2.10. The van der Waals surface area contributed by atoms with Crippen molar-refractivity contribution in [2.24, 2.45) is 0 Å². The predicted octanol–water partition coefficient (Wildman–Crippen LogP) is 2.70. The number of hydrogen-bond acceptors (Lipinski definition) is 4. The van der Waals surface area contributed by atoms with Gasteiger partial charge in [0.2, 0.25) is 0 Å². The van der Waals surface area contributed by atoms with Crippen LogP contribution in [0.1, 0.15) is 22.8 Å². The second kappa shape index (κ2) is 9.26. The summed E-state index contributed by atoms with van der Waals surface area (Å²) in [5.74, 6) is 0.440. The first-order valence-electron chi connectivity index (χ1n) is 7.68. The van der Waals surface area contributed by atoms with Crippen molar-refractivity contribution in [2.45, 2.75) is 13.3 Å². The zero-order valence-electron chi connectivity index (χ0n) is 14.0. The number of hydrogen-bond donors (Lipinski definition) is 2. The molecule has 25 heavy (non-hydrogen) atoms. The van der Waals surface area contributed by atoms with Gasteiger partial charge in [-0.3, -0.25) is 20.4 Å². The van der Waals surface area contributed by atoms with Gasteiger partial charge in [-0.1, -0.05) is 19.1 Å². The zero-order valence-corrected chi connectivity index (χ0v) is 16.1. The van der Waals surface area contributed by atoms with Gasteiger partial charge >= 0.3 is 0 Å². The molecule has 2 amide bonds. The summed E-state index contributed by atoms with van der Waals surface area (Å²) >= 11 is 2.07. The Balaban J connectivity index is 1.82. The molecule has 2 rings (SSSR count). The molecule has 2 aromatic carbocycles. The van der Waals surface area contributed by atoms with Crippen molar-refractivity contribution < 1.29 is 19.1 Å². The molecule has 0 aliphatic carbocycles. The minimum atomic E-state index is -0.446. The maximum Gasteiger partial charge on any atom is 0.276 e. The monoisotopic (exact) mass is 454 g/mol. The van der Waals surface area contributed by atoms with Crippen LogP contribution in [0.4, 0.5) is 0 Å². The summed E-state index contributed by atoms with van der Waals surface area (Å²) in [5.41, 5.74) is 6.23. The Morgan fingerprint density at radius 3 is 2.60 bits per heavy atom. The van der Waals surface area contributed by atoms with Crippen LogP contribution in [-0.2, 0) is 11.2 Å². The number of benzene rings is 2. The van der Waals surface area contributed by atoms with Gasteiger partial charge in [0.25, 0.3) is 11.8 Å². The molecule has 7 heteroatoms. The molecule has 0 fully saturated rings. The van der Waals surface area contributed by atoms with Crippen LogP contribution in [0.3, 0.4) is 0 Å². The lowest BCUT2D eigenvalue weighted by Gasteiger charge is -2.10. The van der Waals surface area contributed by atoms with Gasteiger partial charge < -0.3 is 9.47 Å². The van der Waals surface area contributed by atoms with Gasteiger partial charge in [-0.15, -0.1) is 0 Å². The number of methoxy groups -OCH3 is 1. The number of amides is 2. The van der Waals surface area contributed by atoms with Crippen molar-refractivity contribution in [1.29, 1.82) is 0 Å². The van der Waals surface area contributed by atoms with E-state index in [4.69, 9.17) is 9.47 Å². The number of rotatable bonds is 6. The van der Waals surface area contributed by atoms with Crippen molar-refractivity contribution in [3.8, 4) is 11.5 Å². The van der Waals surface area contributed by atoms with Gasteiger partial charge in [-0.2, -0.15) is 0 Å². The first-order valence-corrected chi connectivity index (χ1v) is 8.75. The van der Waals surface area contributed by atoms with E-state index in [-0.39, 0.29) is 6.61 Å². The van der Waals surface area contributed by atoms with Crippen molar-refractivity contribution in [2.75, 3.05) is 13.7 Å². The van der Waals surface area contributed by atoms with Crippen molar-refractivity contribution >= 4 is 34.4 Å². The van der Waals surface area contributed by atoms with Crippen LogP contribution >= 0.6 is 22.6 Å². The summed E-state index contributed by atoms with van der Waals surface area (Å²) in [5, 5.41) is 0. The molecule has 6 nitrogen and oxygen atoms in total. The average molecular weight is 454 g/mol. The molecule has 0 aliphatic heterocycles. The molecule has 2 N–H and O–H groups in total. The molecule has 0 bridgehead atoms. The summed E-state index contributed by atoms with van der Waals surface area (Å²) in [6.07, 6.45) is 0.889. The Morgan fingerprint density at radius 2 is 1.92 bits per heavy atom. The first-order chi connectivity index (χ1) is 12.0. The molecule has 0 unspecified atom stereocenters. The standard InChI is InChI=1S/C18H19IN2O4/c1-3-12-5-4-6-14(9-12)25-11-17(22)20-21-18(23)13-7-8-16(24-2)15(19)10-13/h4-10H,3,11H2,1-2H3,(H,20,22)(H,21,23). The predicted molar refractivity (Wildman–Crippen MR) is 103 cm³/mol. The van der Waals surface area contributed by atoms with E-state index < -0.39 is 11.8 Å². The van der Waals surface area contributed by atoms with Crippen LogP contribution in [0.15, 0.2) is 42.5 Å². The van der Waals surface area contributed by atoms with E-state index in [9.17, 15) is 9.59 Å². The largest absolute Gasteiger partial charge is 0.496 e. The second-order valence-corrected chi connectivity index (χ2v) is 6.30. The highest BCUT2D eigenvalue weighted by atomic mass is 127. The van der Waals surface area contributed by atoms with Crippen molar-refractivity contribution in [1.82, 2.24) is 10.9 Å². The number of hydrazine groups is 1. The van der Waals surface area contributed by atoms with E-state index in [2.05, 4.69) is 33.4 Å². The Morgan fingerprint density at radius 1 is 1.12 bits per heavy atom. The Kier molecular flexibility index (Phi) is 7.05. The number of carbonyl (C=O) groups excluding carboxylic acids is 2. The van der Waals surface area contributed by atoms with Gasteiger partial charge in [-0.05, 0) is 64.9 Å². The molecule has 132 valence electrons. The van der Waals surface area contributed by atoms with E-state index in [1.807, 2.05) is 25.1 Å². The molecular formula is C18H19IN2O4. The van der Waals surface area contributed by atoms with E-state index in [0.717, 1.165) is 15.6 Å². The van der Waals surface area contributed by atoms with Crippen LogP contribution in [0.5, 0.6) is 11.5 Å². The molecule has 0 saturated carbocycles. The third kappa shape index (κ3) is 5.63. The fourth-order valence-corrected chi connectivity index (χ4v) is 2.78. The average Bonchev–Trinajstić information content (AvgIpc) is 2.64. The van der Waals surface area contributed by atoms with Gasteiger partial charge in [0.1, 0.15) is 11.5 Å². The van der Waals surface area contributed by atoms with Crippen molar-refractivity contribution in [3.63, 3.8) is 0 Å². The molecule has 0 radical (unpaired) electrons. The second-order valence-electron chi connectivity index (χ2n) is 5.14. The number of carbonyl (C=O) groups is 2. The highest BCUT2D eigenvalue weighted by Crippen LogP contribution is 2.21. The van der Waals surface area contributed by atoms with Crippen LogP contribution in [0.2, 0.25) is 0 Å². The molecule has 2 aromatic rings. The number of halogens is 1. The van der Waals surface area contributed by atoms with Crippen LogP contribution in [0, 0.1) is 3.57 Å². The molecule has 0 saturated heterocycles. The van der Waals surface area contributed by atoms with Gasteiger partial charge in [0.05, 0.1) is 10.7 Å². The minimum Gasteiger partial charge on any atom is -0.496 e. The van der Waals surface area contributed by atoms with E-state index in [1.54, 1.807) is 31.4 Å². The van der Waals surface area contributed by atoms with Gasteiger partial charge in [0, 0.05) is 5.56 Å². The normalized spacial score (nSPS) is 10.0. The van der Waals surface area contributed by atoms with E-state index in [0.29, 0.717) is 17.1 Å². The lowest BCUT2D eigenvalue weighted by atomic mass is 10.2. The maximum absolute atomic E-state index is 12.0. The molecule has 0 aromatic heterocycles. The van der Waals surface area contributed by atoms with Crippen LogP contribution < -0.4 is 20.3 Å². The summed E-state index contributed by atoms with van der Waals surface area (Å²) in [4.78, 5) is 23.8. The van der Waals surface area contributed by atoms with Gasteiger partial charge in [0.15, 0.2) is 6.61 Å². The molecular weight excluding hydrogens is 435 g/mol. The molecule has 0 heterocycles. The lowest BCUT2D eigenvalue weighted by molar-refractivity contribution is -0.123. The Labute approximate surface area is 160 Å². The van der Waals surface area contributed by atoms with Crippen LogP contribution in [-0.4, -0.2) is 25.5 Å². The third-order valence-electron chi connectivity index (χ3n) is 3.41. The summed E-state index contributed by atoms with van der Waals surface area (Å²) < 4.78 is 11.4. The Bertz CT molecular complexity index is 764. The minimum absolute atomic E-state index is 0.187. The summed E-state index contributed by atoms with van der Waals surface area (Å²) in [6, 6.07) is 12.5. The number of ether oxygens (including phenoxy) is 2. The van der Waals surface area contributed by atoms with Gasteiger partial charge in [-0.25, -0.2) is 0 Å². The number of nitrogens with one attached hydrogen (secondary N) is 2. The highest BCUT2D eigenvalue weighted by molar-refractivity contribution is 14.1. The summed E-state index contributed by atoms with van der Waals surface area (Å²) in [7, 11) is 1.56.